The molecule has 1 aliphatic rings. The van der Waals surface area contributed by atoms with Crippen molar-refractivity contribution in [3.05, 3.63) is 53.3 Å². The monoisotopic (exact) mass is 197 g/mol. The topological polar surface area (TPSA) is 22.0 Å². The molecule has 0 bridgehead atoms. The van der Waals surface area contributed by atoms with E-state index in [1.54, 1.807) is 6.92 Å². The van der Waals surface area contributed by atoms with Crippen molar-refractivity contribution in [2.45, 2.75) is 13.3 Å². The molecule has 0 atom stereocenters. The fraction of sp³-hybridized carbons (Fsp3) is 0.154. The van der Waals surface area contributed by atoms with E-state index in [1.807, 2.05) is 24.3 Å². The molecule has 1 aliphatic heterocycles. The zero-order valence-electron chi connectivity index (χ0n) is 8.53. The summed E-state index contributed by atoms with van der Waals surface area (Å²) in [7, 11) is 0. The van der Waals surface area contributed by atoms with Crippen LogP contribution in [-0.2, 0) is 6.42 Å². The Morgan fingerprint density at radius 1 is 1.20 bits per heavy atom. The van der Waals surface area contributed by atoms with Crippen LogP contribution >= 0.6 is 0 Å². The number of hydrogen-bond donors (Lipinski definition) is 0. The van der Waals surface area contributed by atoms with Crippen molar-refractivity contribution < 1.29 is 4.79 Å². The highest BCUT2D eigenvalue weighted by molar-refractivity contribution is 5.93. The summed E-state index contributed by atoms with van der Waals surface area (Å²) in [4.78, 5) is 11.5. The second-order valence-electron chi connectivity index (χ2n) is 3.91. The smallest absolute Gasteiger partial charge is 0.176 e. The Hall–Kier alpha value is -1.83. The van der Waals surface area contributed by atoms with E-state index in [2.05, 4.69) is 16.7 Å². The van der Waals surface area contributed by atoms with Crippen LogP contribution in [-0.4, -0.2) is 10.4 Å². The maximum absolute atomic E-state index is 11.5. The molecule has 15 heavy (non-hydrogen) atoms. The Morgan fingerprint density at radius 2 is 2.00 bits per heavy atom. The molecule has 0 unspecified atom stereocenters. The van der Waals surface area contributed by atoms with Gasteiger partial charge in [0.25, 0.3) is 0 Å². The van der Waals surface area contributed by atoms with Crippen molar-refractivity contribution >= 4 is 5.78 Å². The molecule has 0 spiro atoms. The number of Topliss-reactive ketones (excluding diaryl/α,β-unsaturated/α-hetero) is 1. The van der Waals surface area contributed by atoms with Gasteiger partial charge in [0.2, 0.25) is 0 Å². The van der Waals surface area contributed by atoms with Crippen LogP contribution in [0, 0.1) is 0 Å². The van der Waals surface area contributed by atoms with Gasteiger partial charge in [-0.2, -0.15) is 0 Å². The number of fused-ring (bicyclic) bond motifs is 3. The third-order valence-corrected chi connectivity index (χ3v) is 2.93. The number of carbonyl (C=O) groups is 1. The molecule has 0 aliphatic carbocycles. The Balaban J connectivity index is 2.29. The maximum atomic E-state index is 11.5. The third-order valence-electron chi connectivity index (χ3n) is 2.93. The highest BCUT2D eigenvalue weighted by Crippen LogP contribution is 2.30. The Bertz CT molecular complexity index is 551. The summed E-state index contributed by atoms with van der Waals surface area (Å²) in [6.07, 6.45) is 0.934. The van der Waals surface area contributed by atoms with Crippen LogP contribution in [0.3, 0.4) is 0 Å². The lowest BCUT2D eigenvalue weighted by molar-refractivity contribution is 0.101. The average molecular weight is 197 g/mol. The standard InChI is InChI=1S/C13H11NO/c1-9(15)12-7-6-11-8-10-4-2-3-5-13(10)14(11)12/h2-7H,8H2,1H3. The van der Waals surface area contributed by atoms with Crippen LogP contribution in [0.5, 0.6) is 0 Å². The van der Waals surface area contributed by atoms with Crippen LogP contribution in [0.4, 0.5) is 0 Å². The molecule has 3 rings (SSSR count). The fourth-order valence-electron chi connectivity index (χ4n) is 2.25. The van der Waals surface area contributed by atoms with E-state index in [9.17, 15) is 4.79 Å². The third kappa shape index (κ3) is 1.08. The lowest BCUT2D eigenvalue weighted by atomic mass is 10.1. The number of hydrogen-bond acceptors (Lipinski definition) is 1. The molecule has 2 nitrogen and oxygen atoms in total. The molecule has 0 saturated heterocycles. The molecule has 0 N–H and O–H groups in total. The molecule has 1 aromatic carbocycles. The van der Waals surface area contributed by atoms with Gasteiger partial charge in [-0.3, -0.25) is 4.79 Å². The van der Waals surface area contributed by atoms with Gasteiger partial charge in [-0.05, 0) is 23.8 Å². The summed E-state index contributed by atoms with van der Waals surface area (Å²) in [6, 6.07) is 12.2. The van der Waals surface area contributed by atoms with Gasteiger partial charge in [0, 0.05) is 24.7 Å². The second-order valence-corrected chi connectivity index (χ2v) is 3.91. The number of nitrogens with zero attached hydrogens (tertiary/aromatic N) is 1. The van der Waals surface area contributed by atoms with Crippen molar-refractivity contribution in [2.75, 3.05) is 0 Å². The molecule has 0 fully saturated rings. The highest BCUT2D eigenvalue weighted by atomic mass is 16.1. The van der Waals surface area contributed by atoms with E-state index < -0.39 is 0 Å². The summed E-state index contributed by atoms with van der Waals surface area (Å²) >= 11 is 0. The summed E-state index contributed by atoms with van der Waals surface area (Å²) in [5.41, 5.74) is 4.45. The molecule has 2 heterocycles. The zero-order valence-corrected chi connectivity index (χ0v) is 8.53. The van der Waals surface area contributed by atoms with Gasteiger partial charge in [0.15, 0.2) is 5.78 Å². The van der Waals surface area contributed by atoms with Gasteiger partial charge in [0.05, 0.1) is 5.69 Å². The summed E-state index contributed by atoms with van der Waals surface area (Å²) in [6.45, 7) is 1.61. The quantitative estimate of drug-likeness (QED) is 0.549. The highest BCUT2D eigenvalue weighted by Gasteiger charge is 2.21. The summed E-state index contributed by atoms with van der Waals surface area (Å²) in [5.74, 6) is 0.123. The first-order valence-electron chi connectivity index (χ1n) is 5.07. The predicted octanol–water partition coefficient (Wildman–Crippen LogP) is 2.58. The van der Waals surface area contributed by atoms with Crippen molar-refractivity contribution in [1.82, 2.24) is 4.57 Å². The number of rotatable bonds is 1. The summed E-state index contributed by atoms with van der Waals surface area (Å²) < 4.78 is 2.07. The van der Waals surface area contributed by atoms with Crippen LogP contribution in [0.1, 0.15) is 28.7 Å². The average Bonchev–Trinajstić information content (AvgIpc) is 2.74. The van der Waals surface area contributed by atoms with Crippen LogP contribution in [0.25, 0.3) is 5.69 Å². The maximum Gasteiger partial charge on any atom is 0.176 e. The van der Waals surface area contributed by atoms with E-state index >= 15 is 0 Å². The molecule has 2 heteroatoms. The molecule has 0 amide bonds. The first-order valence-corrected chi connectivity index (χ1v) is 5.07. The lowest BCUT2D eigenvalue weighted by Crippen LogP contribution is -2.03. The van der Waals surface area contributed by atoms with Crippen LogP contribution < -0.4 is 0 Å². The molecule has 0 saturated carbocycles. The number of aromatic nitrogens is 1. The van der Waals surface area contributed by atoms with Crippen molar-refractivity contribution in [1.29, 1.82) is 0 Å². The Morgan fingerprint density at radius 3 is 2.80 bits per heavy atom. The van der Waals surface area contributed by atoms with E-state index in [0.29, 0.717) is 0 Å². The normalized spacial score (nSPS) is 12.3. The lowest BCUT2D eigenvalue weighted by Gasteiger charge is -2.05. The second kappa shape index (κ2) is 2.83. The van der Waals surface area contributed by atoms with Gasteiger partial charge in [-0.25, -0.2) is 0 Å². The first-order chi connectivity index (χ1) is 7.27. The minimum absolute atomic E-state index is 0.123. The fourth-order valence-corrected chi connectivity index (χ4v) is 2.25. The van der Waals surface area contributed by atoms with Crippen molar-refractivity contribution in [2.24, 2.45) is 0 Å². The van der Waals surface area contributed by atoms with Gasteiger partial charge in [0.1, 0.15) is 0 Å². The van der Waals surface area contributed by atoms with Gasteiger partial charge in [-0.1, -0.05) is 18.2 Å². The summed E-state index contributed by atoms with van der Waals surface area (Å²) in [5, 5.41) is 0. The molecule has 74 valence electrons. The first kappa shape index (κ1) is 8.48. The Kier molecular flexibility index (Phi) is 1.60. The van der Waals surface area contributed by atoms with Gasteiger partial charge >= 0.3 is 0 Å². The SMILES string of the molecule is CC(=O)c1ccc2n1-c1ccccc1C2. The van der Waals surface area contributed by atoms with E-state index in [1.165, 1.54) is 11.3 Å². The van der Waals surface area contributed by atoms with Gasteiger partial charge < -0.3 is 4.57 Å². The van der Waals surface area contributed by atoms with Crippen LogP contribution in [0.15, 0.2) is 36.4 Å². The Labute approximate surface area is 88.2 Å². The molecular formula is C13H11NO. The number of ketones is 1. The van der Waals surface area contributed by atoms with E-state index in [0.717, 1.165) is 17.8 Å². The number of carbonyl (C=O) groups excluding carboxylic acids is 1. The van der Waals surface area contributed by atoms with E-state index in [-0.39, 0.29) is 5.78 Å². The zero-order chi connectivity index (χ0) is 10.4. The minimum atomic E-state index is 0.123. The number of benzene rings is 1. The largest absolute Gasteiger partial charge is 0.310 e. The predicted molar refractivity (Wildman–Crippen MR) is 58.6 cm³/mol. The van der Waals surface area contributed by atoms with Gasteiger partial charge in [-0.15, -0.1) is 0 Å². The minimum Gasteiger partial charge on any atom is -0.310 e. The van der Waals surface area contributed by atoms with Crippen molar-refractivity contribution in [3.63, 3.8) is 0 Å². The number of para-hydroxylation sites is 1. The molecule has 2 aromatic rings. The van der Waals surface area contributed by atoms with Crippen molar-refractivity contribution in [3.8, 4) is 5.69 Å². The molecular weight excluding hydrogens is 186 g/mol. The molecule has 0 radical (unpaired) electrons. The molecule has 1 aromatic heterocycles. The van der Waals surface area contributed by atoms with Crippen LogP contribution in [0.2, 0.25) is 0 Å². The van der Waals surface area contributed by atoms with E-state index in [4.69, 9.17) is 0 Å².